The highest BCUT2D eigenvalue weighted by Crippen LogP contribution is 2.48. The Labute approximate surface area is 220 Å². The average Bonchev–Trinajstić information content (AvgIpc) is 3.06. The Hall–Kier alpha value is -3.46. The number of likely N-dealkylation sites (tertiary alicyclic amines) is 1. The summed E-state index contributed by atoms with van der Waals surface area (Å²) in [4.78, 5) is 24.8. The summed E-state index contributed by atoms with van der Waals surface area (Å²) < 4.78 is 31.5. The highest BCUT2D eigenvalue weighted by Gasteiger charge is 2.45. The average molecular weight is 518 g/mol. The molecule has 0 amide bonds. The Morgan fingerprint density at radius 1 is 1.11 bits per heavy atom. The van der Waals surface area contributed by atoms with Crippen LogP contribution < -0.4 is 15.2 Å². The molecule has 7 rings (SSSR count). The van der Waals surface area contributed by atoms with Crippen molar-refractivity contribution >= 4 is 21.9 Å². The molecule has 0 radical (unpaired) electrons. The number of hydrogen-bond donors (Lipinski definition) is 0. The molecular formula is C29H32FN5O3. The van der Waals surface area contributed by atoms with Crippen LogP contribution in [0.25, 0.3) is 33.1 Å². The van der Waals surface area contributed by atoms with Gasteiger partial charge in [-0.15, -0.1) is 0 Å². The van der Waals surface area contributed by atoms with Gasteiger partial charge in [0.05, 0.1) is 45.8 Å². The number of halogens is 1. The van der Waals surface area contributed by atoms with Gasteiger partial charge in [-0.2, -0.15) is 0 Å². The third-order valence-corrected chi connectivity index (χ3v) is 8.67. The summed E-state index contributed by atoms with van der Waals surface area (Å²) in [5.41, 5.74) is 2.43. The molecule has 0 atom stereocenters. The molecule has 3 aliphatic rings. The minimum absolute atomic E-state index is 0.0835. The lowest BCUT2D eigenvalue weighted by molar-refractivity contribution is 0.0719. The van der Waals surface area contributed by atoms with Gasteiger partial charge in [-0.1, -0.05) is 6.42 Å². The minimum atomic E-state index is -0.425. The second-order valence-corrected chi connectivity index (χ2v) is 11.0. The van der Waals surface area contributed by atoms with E-state index >= 15 is 4.39 Å². The van der Waals surface area contributed by atoms with Crippen molar-refractivity contribution in [3.8, 4) is 22.8 Å². The van der Waals surface area contributed by atoms with E-state index in [4.69, 9.17) is 9.47 Å². The number of hydrogen-bond acceptors (Lipinski definition) is 6. The summed E-state index contributed by atoms with van der Waals surface area (Å²) in [5.74, 6) is 0.527. The lowest BCUT2D eigenvalue weighted by atomic mass is 9.77. The number of aromatic nitrogens is 4. The van der Waals surface area contributed by atoms with Gasteiger partial charge in [0.15, 0.2) is 0 Å². The zero-order valence-electron chi connectivity index (χ0n) is 21.7. The van der Waals surface area contributed by atoms with Gasteiger partial charge in [0, 0.05) is 37.5 Å². The van der Waals surface area contributed by atoms with E-state index in [1.807, 2.05) is 10.6 Å². The van der Waals surface area contributed by atoms with E-state index in [1.165, 1.54) is 38.4 Å². The molecule has 2 fully saturated rings. The molecule has 0 bridgehead atoms. The van der Waals surface area contributed by atoms with E-state index in [0.29, 0.717) is 46.9 Å². The van der Waals surface area contributed by atoms with Crippen LogP contribution in [-0.2, 0) is 12.6 Å². The first-order valence-corrected chi connectivity index (χ1v) is 13.7. The number of piperidine rings is 1. The van der Waals surface area contributed by atoms with E-state index in [9.17, 15) is 4.79 Å². The van der Waals surface area contributed by atoms with Gasteiger partial charge in [-0.05, 0) is 57.7 Å². The van der Waals surface area contributed by atoms with Gasteiger partial charge < -0.3 is 14.4 Å². The first-order valence-electron chi connectivity index (χ1n) is 13.7. The SMILES string of the molecule is Cn1c(=O)n2c3c4c(c(-c5ccc(OCCCN6CCCCC6)nc5)c(F)cc4ncc31)OCC21CCC1. The molecule has 3 aromatic heterocycles. The smallest absolute Gasteiger partial charge is 0.329 e. The van der Waals surface area contributed by atoms with Crippen LogP contribution in [0, 0.1) is 5.82 Å². The van der Waals surface area contributed by atoms with Gasteiger partial charge in [-0.25, -0.2) is 14.2 Å². The number of pyridine rings is 2. The zero-order valence-corrected chi connectivity index (χ0v) is 21.7. The molecule has 1 spiro atoms. The van der Waals surface area contributed by atoms with Gasteiger partial charge >= 0.3 is 5.69 Å². The van der Waals surface area contributed by atoms with Crippen LogP contribution in [0.3, 0.4) is 0 Å². The van der Waals surface area contributed by atoms with Crippen molar-refractivity contribution in [3.63, 3.8) is 0 Å². The van der Waals surface area contributed by atoms with E-state index < -0.39 is 11.4 Å². The molecule has 1 saturated heterocycles. The highest BCUT2D eigenvalue weighted by atomic mass is 19.1. The molecule has 198 valence electrons. The first kappa shape index (κ1) is 23.6. The summed E-state index contributed by atoms with van der Waals surface area (Å²) in [6.07, 6.45) is 10.9. The number of rotatable bonds is 6. The van der Waals surface area contributed by atoms with E-state index in [0.717, 1.165) is 43.3 Å². The quantitative estimate of drug-likeness (QED) is 0.348. The molecule has 9 heteroatoms. The highest BCUT2D eigenvalue weighted by molar-refractivity contribution is 6.09. The Bertz CT molecular complexity index is 1580. The number of benzene rings is 1. The van der Waals surface area contributed by atoms with Crippen LogP contribution in [-0.4, -0.2) is 56.9 Å². The van der Waals surface area contributed by atoms with Crippen LogP contribution in [0.2, 0.25) is 0 Å². The Balaban J connectivity index is 1.23. The van der Waals surface area contributed by atoms with Crippen LogP contribution in [0.15, 0.2) is 35.4 Å². The Morgan fingerprint density at radius 2 is 1.95 bits per heavy atom. The standard InChI is InChI=1S/C29H32FN5O3/c1-33-22-17-31-21-15-20(30)24(27-25(21)26(22)35(28(33)36)29(18-38-27)9-5-10-29)19-7-8-23(32-16-19)37-14-6-13-34-11-3-2-4-12-34/h7-8,15-17H,2-6,9-14,18H2,1H3. The largest absolute Gasteiger partial charge is 0.490 e. The van der Waals surface area contributed by atoms with Crippen molar-refractivity contribution in [2.24, 2.45) is 7.05 Å². The van der Waals surface area contributed by atoms with Crippen LogP contribution >= 0.6 is 0 Å². The molecule has 1 aromatic carbocycles. The van der Waals surface area contributed by atoms with Crippen molar-refractivity contribution in [3.05, 3.63) is 46.9 Å². The monoisotopic (exact) mass is 517 g/mol. The lowest BCUT2D eigenvalue weighted by Gasteiger charge is -2.41. The number of aryl methyl sites for hydroxylation is 1. The molecular weight excluding hydrogens is 485 g/mol. The molecule has 1 aliphatic carbocycles. The fourth-order valence-electron chi connectivity index (χ4n) is 6.42. The van der Waals surface area contributed by atoms with Gasteiger partial charge in [0.1, 0.15) is 18.2 Å². The maximum atomic E-state index is 15.6. The molecule has 4 aromatic rings. The topological polar surface area (TPSA) is 74.4 Å². The molecule has 1 saturated carbocycles. The predicted octanol–water partition coefficient (Wildman–Crippen LogP) is 4.62. The lowest BCUT2D eigenvalue weighted by Crippen LogP contribution is -2.50. The third kappa shape index (κ3) is 3.62. The van der Waals surface area contributed by atoms with Crippen LogP contribution in [0.4, 0.5) is 4.39 Å². The molecule has 0 N–H and O–H groups in total. The van der Waals surface area contributed by atoms with Crippen LogP contribution in [0.5, 0.6) is 11.6 Å². The maximum Gasteiger partial charge on any atom is 0.329 e. The van der Waals surface area contributed by atoms with Crippen molar-refractivity contribution in [2.45, 2.75) is 50.5 Å². The molecule has 38 heavy (non-hydrogen) atoms. The maximum absolute atomic E-state index is 15.6. The van der Waals surface area contributed by atoms with E-state index in [-0.39, 0.29) is 5.69 Å². The fourth-order valence-corrected chi connectivity index (χ4v) is 6.42. The minimum Gasteiger partial charge on any atom is -0.490 e. The summed E-state index contributed by atoms with van der Waals surface area (Å²) in [7, 11) is 1.77. The van der Waals surface area contributed by atoms with Crippen molar-refractivity contribution < 1.29 is 13.9 Å². The molecule has 2 aliphatic heterocycles. The molecule has 8 nitrogen and oxygen atoms in total. The number of imidazole rings is 1. The summed E-state index contributed by atoms with van der Waals surface area (Å²) in [5, 5.41) is 0.679. The van der Waals surface area contributed by atoms with Crippen molar-refractivity contribution in [1.82, 2.24) is 24.0 Å². The van der Waals surface area contributed by atoms with Crippen LogP contribution in [0.1, 0.15) is 44.9 Å². The second-order valence-electron chi connectivity index (χ2n) is 11.0. The molecule has 0 unspecified atom stereocenters. The molecule has 5 heterocycles. The van der Waals surface area contributed by atoms with Crippen molar-refractivity contribution in [2.75, 3.05) is 32.8 Å². The second kappa shape index (κ2) is 9.08. The predicted molar refractivity (Wildman–Crippen MR) is 143 cm³/mol. The van der Waals surface area contributed by atoms with E-state index in [2.05, 4.69) is 14.9 Å². The van der Waals surface area contributed by atoms with Gasteiger partial charge in [0.2, 0.25) is 5.88 Å². The first-order chi connectivity index (χ1) is 18.6. The third-order valence-electron chi connectivity index (χ3n) is 8.67. The Morgan fingerprint density at radius 3 is 2.68 bits per heavy atom. The Kier molecular flexibility index (Phi) is 5.65. The fraction of sp³-hybridized carbons (Fsp3) is 0.483. The van der Waals surface area contributed by atoms with E-state index in [1.54, 1.807) is 30.1 Å². The summed E-state index contributed by atoms with van der Waals surface area (Å²) in [6, 6.07) is 5.04. The van der Waals surface area contributed by atoms with Crippen molar-refractivity contribution in [1.29, 1.82) is 0 Å². The number of ether oxygens (including phenoxy) is 2. The van der Waals surface area contributed by atoms with Gasteiger partial charge in [-0.3, -0.25) is 14.1 Å². The summed E-state index contributed by atoms with van der Waals surface area (Å²) in [6.45, 7) is 4.31. The summed E-state index contributed by atoms with van der Waals surface area (Å²) >= 11 is 0. The zero-order chi connectivity index (χ0) is 25.9. The number of nitrogens with zero attached hydrogens (tertiary/aromatic N) is 5. The normalized spacial score (nSPS) is 18.6. The number of fused-ring (bicyclic) bond motifs is 1. The van der Waals surface area contributed by atoms with Gasteiger partial charge in [0.25, 0.3) is 0 Å².